The van der Waals surface area contributed by atoms with Crippen LogP contribution in [0.25, 0.3) is 0 Å². The van der Waals surface area contributed by atoms with Crippen LogP contribution < -0.4 is 0 Å². The second-order valence-corrected chi connectivity index (χ2v) is 3.11. The highest BCUT2D eigenvalue weighted by atomic mass is 16.5. The summed E-state index contributed by atoms with van der Waals surface area (Å²) in [4.78, 5) is 0. The highest BCUT2D eigenvalue weighted by molar-refractivity contribution is 4.88. The van der Waals surface area contributed by atoms with Gasteiger partial charge in [-0.25, -0.2) is 0 Å². The quantitative estimate of drug-likeness (QED) is 0.597. The van der Waals surface area contributed by atoms with Crippen LogP contribution in [0.15, 0.2) is 0 Å². The van der Waals surface area contributed by atoms with Gasteiger partial charge >= 0.3 is 0 Å². The summed E-state index contributed by atoms with van der Waals surface area (Å²) in [5.41, 5.74) is 0. The summed E-state index contributed by atoms with van der Waals surface area (Å²) in [6.45, 7) is 0. The molecular weight excluding hydrogens is 160 g/mol. The lowest BCUT2D eigenvalue weighted by molar-refractivity contribution is -0.152. The van der Waals surface area contributed by atoms with Gasteiger partial charge in [0.05, 0.1) is 12.2 Å². The Kier molecular flexibility index (Phi) is 3.46. The van der Waals surface area contributed by atoms with E-state index in [0.717, 1.165) is 12.8 Å². The standard InChI is InChI=1S/C8H16O4/c1-11-5-3-4-6(12-2)8(10)7(5)9/h5-10H,3-4H2,1-2H3/t5-,6-,7-,8+/m1/s1. The van der Waals surface area contributed by atoms with Gasteiger partial charge in [-0.1, -0.05) is 0 Å². The second-order valence-electron chi connectivity index (χ2n) is 3.11. The fourth-order valence-corrected chi connectivity index (χ4v) is 1.62. The van der Waals surface area contributed by atoms with Crippen LogP contribution in [0.5, 0.6) is 0 Å². The minimum Gasteiger partial charge on any atom is -0.388 e. The first kappa shape index (κ1) is 9.92. The maximum atomic E-state index is 9.48. The average Bonchev–Trinajstić information content (AvgIpc) is 2.10. The van der Waals surface area contributed by atoms with Crippen molar-refractivity contribution in [2.75, 3.05) is 14.2 Å². The molecule has 0 aromatic carbocycles. The van der Waals surface area contributed by atoms with Crippen molar-refractivity contribution in [1.82, 2.24) is 0 Å². The third-order valence-electron chi connectivity index (χ3n) is 2.45. The highest BCUT2D eigenvalue weighted by Crippen LogP contribution is 2.23. The van der Waals surface area contributed by atoms with E-state index in [9.17, 15) is 10.2 Å². The highest BCUT2D eigenvalue weighted by Gasteiger charge is 2.37. The van der Waals surface area contributed by atoms with Crippen molar-refractivity contribution in [3.63, 3.8) is 0 Å². The fraction of sp³-hybridized carbons (Fsp3) is 1.00. The van der Waals surface area contributed by atoms with E-state index in [1.807, 2.05) is 0 Å². The fourth-order valence-electron chi connectivity index (χ4n) is 1.62. The Balaban J connectivity index is 2.52. The Labute approximate surface area is 72.1 Å². The number of methoxy groups -OCH3 is 2. The van der Waals surface area contributed by atoms with Gasteiger partial charge < -0.3 is 19.7 Å². The van der Waals surface area contributed by atoms with Crippen molar-refractivity contribution < 1.29 is 19.7 Å². The second kappa shape index (κ2) is 4.18. The molecule has 0 saturated heterocycles. The van der Waals surface area contributed by atoms with E-state index in [1.165, 1.54) is 14.2 Å². The van der Waals surface area contributed by atoms with Crippen LogP contribution in [-0.4, -0.2) is 48.8 Å². The van der Waals surface area contributed by atoms with Crippen LogP contribution >= 0.6 is 0 Å². The molecule has 0 amide bonds. The van der Waals surface area contributed by atoms with E-state index >= 15 is 0 Å². The first-order valence-electron chi connectivity index (χ1n) is 4.12. The molecule has 12 heavy (non-hydrogen) atoms. The Bertz CT molecular complexity index is 123. The van der Waals surface area contributed by atoms with Gasteiger partial charge in [-0.3, -0.25) is 0 Å². The number of hydrogen-bond acceptors (Lipinski definition) is 4. The van der Waals surface area contributed by atoms with E-state index < -0.39 is 12.2 Å². The molecule has 0 spiro atoms. The zero-order valence-electron chi connectivity index (χ0n) is 7.43. The zero-order chi connectivity index (χ0) is 9.14. The maximum Gasteiger partial charge on any atom is 0.108 e. The summed E-state index contributed by atoms with van der Waals surface area (Å²) in [5, 5.41) is 19.0. The minimum atomic E-state index is -0.825. The van der Waals surface area contributed by atoms with Crippen molar-refractivity contribution >= 4 is 0 Å². The van der Waals surface area contributed by atoms with Crippen molar-refractivity contribution in [3.8, 4) is 0 Å². The first-order valence-corrected chi connectivity index (χ1v) is 4.12. The monoisotopic (exact) mass is 176 g/mol. The lowest BCUT2D eigenvalue weighted by atomic mass is 9.89. The molecule has 4 atom stereocenters. The topological polar surface area (TPSA) is 58.9 Å². The Morgan fingerprint density at radius 3 is 1.50 bits per heavy atom. The Morgan fingerprint density at radius 2 is 1.25 bits per heavy atom. The third-order valence-corrected chi connectivity index (χ3v) is 2.45. The molecule has 72 valence electrons. The molecule has 1 fully saturated rings. The van der Waals surface area contributed by atoms with Crippen LogP contribution in [0.3, 0.4) is 0 Å². The largest absolute Gasteiger partial charge is 0.388 e. The first-order chi connectivity index (χ1) is 5.70. The minimum absolute atomic E-state index is 0.258. The SMILES string of the molecule is CO[C@@H]1CC[C@@H](OC)[C@@H](O)[C@H]1O. The summed E-state index contributed by atoms with van der Waals surface area (Å²) in [7, 11) is 3.07. The van der Waals surface area contributed by atoms with Crippen LogP contribution in [0.4, 0.5) is 0 Å². The molecule has 4 heteroatoms. The molecule has 2 N–H and O–H groups in total. The Hall–Kier alpha value is -0.160. The Morgan fingerprint density at radius 1 is 0.917 bits per heavy atom. The third kappa shape index (κ3) is 1.77. The van der Waals surface area contributed by atoms with Crippen molar-refractivity contribution in [3.05, 3.63) is 0 Å². The molecule has 0 unspecified atom stereocenters. The molecule has 0 aromatic heterocycles. The van der Waals surface area contributed by atoms with Gasteiger partial charge in [-0.15, -0.1) is 0 Å². The molecule has 4 nitrogen and oxygen atoms in total. The molecule has 0 aliphatic heterocycles. The number of hydrogen-bond donors (Lipinski definition) is 2. The number of aliphatic hydroxyl groups is 2. The maximum absolute atomic E-state index is 9.48. The molecule has 1 rings (SSSR count). The molecule has 0 bridgehead atoms. The van der Waals surface area contributed by atoms with Gasteiger partial charge in [-0.05, 0) is 12.8 Å². The van der Waals surface area contributed by atoms with Gasteiger partial charge in [-0.2, -0.15) is 0 Å². The normalized spacial score (nSPS) is 43.0. The predicted octanol–water partition coefficient (Wildman–Crippen LogP) is -0.468. The van der Waals surface area contributed by atoms with Gasteiger partial charge in [0.15, 0.2) is 0 Å². The van der Waals surface area contributed by atoms with Crippen LogP contribution in [0, 0.1) is 0 Å². The van der Waals surface area contributed by atoms with Crippen LogP contribution in [0.2, 0.25) is 0 Å². The van der Waals surface area contributed by atoms with E-state index in [2.05, 4.69) is 0 Å². The molecule has 1 saturated carbocycles. The average molecular weight is 176 g/mol. The van der Waals surface area contributed by atoms with E-state index in [-0.39, 0.29) is 12.2 Å². The molecule has 0 heterocycles. The van der Waals surface area contributed by atoms with Gasteiger partial charge in [0.2, 0.25) is 0 Å². The smallest absolute Gasteiger partial charge is 0.108 e. The number of rotatable bonds is 2. The van der Waals surface area contributed by atoms with Crippen LogP contribution in [0.1, 0.15) is 12.8 Å². The number of aliphatic hydroxyl groups excluding tert-OH is 2. The van der Waals surface area contributed by atoms with E-state index in [4.69, 9.17) is 9.47 Å². The van der Waals surface area contributed by atoms with Crippen molar-refractivity contribution in [2.24, 2.45) is 0 Å². The molecule has 1 aliphatic carbocycles. The molecule has 0 aromatic rings. The summed E-state index contributed by atoms with van der Waals surface area (Å²) in [5.74, 6) is 0. The molecule has 0 radical (unpaired) electrons. The van der Waals surface area contributed by atoms with E-state index in [1.54, 1.807) is 0 Å². The summed E-state index contributed by atoms with van der Waals surface area (Å²) in [6, 6.07) is 0. The van der Waals surface area contributed by atoms with Crippen molar-refractivity contribution in [2.45, 2.75) is 37.3 Å². The van der Waals surface area contributed by atoms with Crippen LogP contribution in [-0.2, 0) is 9.47 Å². The summed E-state index contributed by atoms with van der Waals surface area (Å²) in [6.07, 6.45) is -0.708. The molecular formula is C8H16O4. The lowest BCUT2D eigenvalue weighted by Gasteiger charge is -2.35. The lowest BCUT2D eigenvalue weighted by Crippen LogP contribution is -2.50. The zero-order valence-corrected chi connectivity index (χ0v) is 7.43. The summed E-state index contributed by atoms with van der Waals surface area (Å²) < 4.78 is 10.0. The molecule has 1 aliphatic rings. The van der Waals surface area contributed by atoms with Gasteiger partial charge in [0.25, 0.3) is 0 Å². The van der Waals surface area contributed by atoms with E-state index in [0.29, 0.717) is 0 Å². The van der Waals surface area contributed by atoms with Gasteiger partial charge in [0.1, 0.15) is 12.2 Å². The summed E-state index contributed by atoms with van der Waals surface area (Å²) >= 11 is 0. The van der Waals surface area contributed by atoms with Gasteiger partial charge in [0, 0.05) is 14.2 Å². The van der Waals surface area contributed by atoms with Crippen molar-refractivity contribution in [1.29, 1.82) is 0 Å². The number of ether oxygens (including phenoxy) is 2. The predicted molar refractivity (Wildman–Crippen MR) is 42.8 cm³/mol.